The number of halogens is 3. The average molecular weight is 462 g/mol. The first kappa shape index (κ1) is 22.0. The van der Waals surface area contributed by atoms with Crippen LogP contribution in [0.4, 0.5) is 13.2 Å². The zero-order valence-electron chi connectivity index (χ0n) is 18.2. The third kappa shape index (κ3) is 5.23. The van der Waals surface area contributed by atoms with Gasteiger partial charge in [0.15, 0.2) is 5.82 Å². The van der Waals surface area contributed by atoms with Crippen LogP contribution in [-0.2, 0) is 19.5 Å². The Morgan fingerprint density at radius 2 is 1.65 bits per heavy atom. The molecule has 2 aromatic heterocycles. The van der Waals surface area contributed by atoms with Crippen LogP contribution >= 0.6 is 0 Å². The average Bonchev–Trinajstić information content (AvgIpc) is 2.84. The molecular weight excluding hydrogens is 441 g/mol. The van der Waals surface area contributed by atoms with Crippen molar-refractivity contribution < 1.29 is 17.9 Å². The van der Waals surface area contributed by atoms with Gasteiger partial charge >= 0.3 is 6.36 Å². The molecule has 2 aromatic carbocycles. The van der Waals surface area contributed by atoms with Gasteiger partial charge in [0.05, 0.1) is 11.4 Å². The topological polar surface area (TPSA) is 51.1 Å². The van der Waals surface area contributed by atoms with Gasteiger partial charge in [0.25, 0.3) is 0 Å². The summed E-state index contributed by atoms with van der Waals surface area (Å²) in [5.41, 5.74) is 5.72. The number of pyridine rings is 1. The lowest BCUT2D eigenvalue weighted by molar-refractivity contribution is -0.274. The van der Waals surface area contributed by atoms with E-state index in [1.807, 2.05) is 48.7 Å². The standard InChI is InChI=1S/C26H21F3N4O/c27-26(28,29)34-22-9-7-19(8-10-22)23-11-6-18(14-30-23)16-33-13-12-24-21(17-33)15-31-25(32-24)20-4-2-1-3-5-20/h1-11,14-15H,12-13,16-17H2. The minimum absolute atomic E-state index is 0.252. The van der Waals surface area contributed by atoms with Crippen LogP contribution < -0.4 is 4.74 Å². The van der Waals surface area contributed by atoms with Crippen LogP contribution in [0.15, 0.2) is 79.1 Å². The van der Waals surface area contributed by atoms with Crippen LogP contribution in [0.1, 0.15) is 16.8 Å². The Labute approximate surface area is 194 Å². The van der Waals surface area contributed by atoms with E-state index in [0.29, 0.717) is 5.69 Å². The zero-order chi connectivity index (χ0) is 23.5. The molecule has 172 valence electrons. The number of aromatic nitrogens is 3. The van der Waals surface area contributed by atoms with Crippen LogP contribution in [0.2, 0.25) is 0 Å². The van der Waals surface area contributed by atoms with Gasteiger partial charge in [0, 0.05) is 55.1 Å². The predicted octanol–water partition coefficient (Wildman–Crippen LogP) is 5.66. The van der Waals surface area contributed by atoms with Crippen molar-refractivity contribution in [1.29, 1.82) is 0 Å². The Morgan fingerprint density at radius 3 is 2.35 bits per heavy atom. The van der Waals surface area contributed by atoms with Crippen LogP contribution in [0.3, 0.4) is 0 Å². The molecule has 0 unspecified atom stereocenters. The molecule has 5 nitrogen and oxygen atoms in total. The summed E-state index contributed by atoms with van der Waals surface area (Å²) in [6.07, 6.45) is -0.119. The summed E-state index contributed by atoms with van der Waals surface area (Å²) >= 11 is 0. The normalized spacial score (nSPS) is 14.0. The van der Waals surface area contributed by atoms with E-state index in [4.69, 9.17) is 4.98 Å². The molecule has 0 N–H and O–H groups in total. The highest BCUT2D eigenvalue weighted by molar-refractivity contribution is 5.60. The maximum absolute atomic E-state index is 12.3. The van der Waals surface area contributed by atoms with Gasteiger partial charge in [-0.05, 0) is 35.9 Å². The number of benzene rings is 2. The first-order chi connectivity index (χ1) is 16.4. The number of nitrogens with zero attached hydrogens (tertiary/aromatic N) is 4. The third-order valence-corrected chi connectivity index (χ3v) is 5.66. The summed E-state index contributed by atoms with van der Waals surface area (Å²) in [7, 11) is 0. The lowest BCUT2D eigenvalue weighted by atomic mass is 10.1. The number of fused-ring (bicyclic) bond motifs is 1. The van der Waals surface area contributed by atoms with Gasteiger partial charge < -0.3 is 4.74 Å². The van der Waals surface area contributed by atoms with E-state index >= 15 is 0 Å². The van der Waals surface area contributed by atoms with Crippen molar-refractivity contribution in [3.8, 4) is 28.4 Å². The quantitative estimate of drug-likeness (QED) is 0.383. The zero-order valence-corrected chi connectivity index (χ0v) is 18.2. The van der Waals surface area contributed by atoms with Crippen LogP contribution in [0.25, 0.3) is 22.6 Å². The second kappa shape index (κ2) is 9.23. The highest BCUT2D eigenvalue weighted by atomic mass is 19.4. The van der Waals surface area contributed by atoms with E-state index < -0.39 is 6.36 Å². The summed E-state index contributed by atoms with van der Waals surface area (Å²) in [6, 6.07) is 19.5. The number of hydrogen-bond donors (Lipinski definition) is 0. The van der Waals surface area contributed by atoms with Gasteiger partial charge in [-0.15, -0.1) is 13.2 Å². The maximum atomic E-state index is 12.3. The molecule has 0 saturated carbocycles. The molecule has 0 saturated heterocycles. The van der Waals surface area contributed by atoms with Crippen LogP contribution in [0.5, 0.6) is 5.75 Å². The fourth-order valence-corrected chi connectivity index (χ4v) is 4.01. The van der Waals surface area contributed by atoms with E-state index in [2.05, 4.69) is 19.6 Å². The van der Waals surface area contributed by atoms with Gasteiger partial charge in [0.2, 0.25) is 0 Å². The van der Waals surface area contributed by atoms with Crippen molar-refractivity contribution in [2.75, 3.05) is 6.54 Å². The third-order valence-electron chi connectivity index (χ3n) is 5.66. The van der Waals surface area contributed by atoms with Crippen molar-refractivity contribution in [2.45, 2.75) is 25.9 Å². The Bertz CT molecular complexity index is 1260. The second-order valence-corrected chi connectivity index (χ2v) is 8.12. The van der Waals surface area contributed by atoms with Gasteiger partial charge in [-0.3, -0.25) is 9.88 Å². The molecule has 3 heterocycles. The SMILES string of the molecule is FC(F)(F)Oc1ccc(-c2ccc(CN3CCc4nc(-c5ccccc5)ncc4C3)cn2)cc1. The molecule has 5 rings (SSSR count). The Hall–Kier alpha value is -3.78. The smallest absolute Gasteiger partial charge is 0.406 e. The van der Waals surface area contributed by atoms with Gasteiger partial charge in [0.1, 0.15) is 5.75 Å². The fourth-order valence-electron chi connectivity index (χ4n) is 4.01. The summed E-state index contributed by atoms with van der Waals surface area (Å²) in [5, 5.41) is 0. The molecule has 0 atom stereocenters. The molecule has 8 heteroatoms. The monoisotopic (exact) mass is 462 g/mol. The summed E-state index contributed by atoms with van der Waals surface area (Å²) in [4.78, 5) is 16.1. The van der Waals surface area contributed by atoms with Crippen LogP contribution in [0, 0.1) is 0 Å². The van der Waals surface area contributed by atoms with E-state index in [0.717, 1.165) is 59.8 Å². The van der Waals surface area contributed by atoms with Crippen molar-refractivity contribution in [1.82, 2.24) is 19.9 Å². The lowest BCUT2D eigenvalue weighted by Gasteiger charge is -2.28. The molecule has 0 amide bonds. The molecule has 4 aromatic rings. The largest absolute Gasteiger partial charge is 0.573 e. The van der Waals surface area contributed by atoms with Crippen molar-refractivity contribution in [3.05, 3.63) is 95.9 Å². The van der Waals surface area contributed by atoms with Gasteiger partial charge in [-0.2, -0.15) is 0 Å². The Morgan fingerprint density at radius 1 is 0.853 bits per heavy atom. The molecular formula is C26H21F3N4O. The molecule has 0 bridgehead atoms. The number of ether oxygens (including phenoxy) is 1. The number of rotatable bonds is 5. The van der Waals surface area contributed by atoms with E-state index in [1.54, 1.807) is 18.3 Å². The summed E-state index contributed by atoms with van der Waals surface area (Å²) < 4.78 is 40.9. The highest BCUT2D eigenvalue weighted by Gasteiger charge is 2.31. The summed E-state index contributed by atoms with van der Waals surface area (Å²) in [5.74, 6) is 0.503. The molecule has 0 spiro atoms. The first-order valence-corrected chi connectivity index (χ1v) is 10.9. The number of hydrogen-bond acceptors (Lipinski definition) is 5. The minimum atomic E-state index is -4.70. The van der Waals surface area contributed by atoms with E-state index in [9.17, 15) is 13.2 Å². The van der Waals surface area contributed by atoms with Crippen LogP contribution in [-0.4, -0.2) is 32.8 Å². The first-order valence-electron chi connectivity index (χ1n) is 10.9. The molecule has 0 fully saturated rings. The molecule has 1 aliphatic heterocycles. The molecule has 1 aliphatic rings. The summed E-state index contributed by atoms with van der Waals surface area (Å²) in [6.45, 7) is 2.40. The molecule has 0 radical (unpaired) electrons. The fraction of sp³-hybridized carbons (Fsp3) is 0.192. The van der Waals surface area contributed by atoms with Gasteiger partial charge in [-0.1, -0.05) is 36.4 Å². The highest BCUT2D eigenvalue weighted by Crippen LogP contribution is 2.26. The maximum Gasteiger partial charge on any atom is 0.573 e. The minimum Gasteiger partial charge on any atom is -0.406 e. The van der Waals surface area contributed by atoms with Crippen molar-refractivity contribution in [2.24, 2.45) is 0 Å². The molecule has 34 heavy (non-hydrogen) atoms. The van der Waals surface area contributed by atoms with Gasteiger partial charge in [-0.25, -0.2) is 9.97 Å². The predicted molar refractivity (Wildman–Crippen MR) is 122 cm³/mol. The van der Waals surface area contributed by atoms with E-state index in [-0.39, 0.29) is 5.75 Å². The Kier molecular flexibility index (Phi) is 5.98. The lowest BCUT2D eigenvalue weighted by Crippen LogP contribution is -2.31. The number of alkyl halides is 3. The molecule has 0 aliphatic carbocycles. The van der Waals surface area contributed by atoms with Crippen molar-refractivity contribution in [3.63, 3.8) is 0 Å². The van der Waals surface area contributed by atoms with E-state index in [1.165, 1.54) is 12.1 Å². The van der Waals surface area contributed by atoms with Crippen molar-refractivity contribution >= 4 is 0 Å². The second-order valence-electron chi connectivity index (χ2n) is 8.12. The Balaban J connectivity index is 1.22.